The minimum absolute atomic E-state index is 0.771. The van der Waals surface area contributed by atoms with Crippen LogP contribution in [-0.2, 0) is 6.54 Å². The van der Waals surface area contributed by atoms with Crippen molar-refractivity contribution in [2.75, 3.05) is 5.32 Å². The predicted molar refractivity (Wildman–Crippen MR) is 57.6 cm³/mol. The number of nitrogens with one attached hydrogen (secondary N) is 1. The Balaban J connectivity index is 2.02. The molecule has 0 atom stereocenters. The molecule has 0 aliphatic carbocycles. The van der Waals surface area contributed by atoms with E-state index in [-0.39, 0.29) is 0 Å². The van der Waals surface area contributed by atoms with Crippen molar-refractivity contribution in [3.8, 4) is 0 Å². The van der Waals surface area contributed by atoms with Crippen LogP contribution in [0.25, 0.3) is 0 Å². The molecule has 0 bridgehead atoms. The first-order valence-corrected chi connectivity index (χ1v) is 5.38. The average molecular weight is 208 g/mol. The third-order valence-electron chi connectivity index (χ3n) is 2.17. The zero-order valence-corrected chi connectivity index (χ0v) is 9.02. The molecule has 2 aromatic heterocycles. The van der Waals surface area contributed by atoms with Crippen LogP contribution in [0.1, 0.15) is 16.8 Å². The van der Waals surface area contributed by atoms with Gasteiger partial charge in [0.25, 0.3) is 0 Å². The van der Waals surface area contributed by atoms with Gasteiger partial charge in [-0.05, 0) is 24.8 Å². The van der Waals surface area contributed by atoms with Gasteiger partial charge >= 0.3 is 0 Å². The molecule has 0 amide bonds. The molecule has 0 aliphatic rings. The molecule has 0 unspecified atom stereocenters. The van der Waals surface area contributed by atoms with Crippen LogP contribution in [-0.4, -0.2) is 5.16 Å². The zero-order chi connectivity index (χ0) is 9.97. The van der Waals surface area contributed by atoms with Crippen molar-refractivity contribution in [1.29, 1.82) is 0 Å². The van der Waals surface area contributed by atoms with Crippen molar-refractivity contribution in [2.45, 2.75) is 20.4 Å². The Hall–Kier alpha value is -1.29. The summed E-state index contributed by atoms with van der Waals surface area (Å²) in [5.74, 6) is 0. The van der Waals surface area contributed by atoms with E-state index in [0.717, 1.165) is 17.8 Å². The third-order valence-corrected chi connectivity index (χ3v) is 3.04. The molecule has 2 rings (SSSR count). The summed E-state index contributed by atoms with van der Waals surface area (Å²) in [6, 6.07) is 0. The second kappa shape index (κ2) is 3.84. The minimum Gasteiger partial charge on any atom is -0.380 e. The molecule has 0 spiro atoms. The summed E-state index contributed by atoms with van der Waals surface area (Å²) in [6.07, 6.45) is 1.68. The quantitative estimate of drug-likeness (QED) is 0.842. The molecule has 2 aromatic rings. The topological polar surface area (TPSA) is 38.1 Å². The number of nitrogens with zero attached hydrogens (tertiary/aromatic N) is 1. The largest absolute Gasteiger partial charge is 0.380 e. The van der Waals surface area contributed by atoms with Crippen molar-refractivity contribution in [3.63, 3.8) is 0 Å². The van der Waals surface area contributed by atoms with E-state index in [9.17, 15) is 0 Å². The lowest BCUT2D eigenvalue weighted by Crippen LogP contribution is -1.99. The Bertz CT molecular complexity index is 379. The van der Waals surface area contributed by atoms with Crippen LogP contribution in [0, 0.1) is 13.8 Å². The molecule has 0 aliphatic heterocycles. The summed E-state index contributed by atoms with van der Waals surface area (Å²) >= 11 is 1.71. The van der Waals surface area contributed by atoms with Gasteiger partial charge in [0, 0.05) is 23.2 Å². The highest BCUT2D eigenvalue weighted by Crippen LogP contribution is 2.20. The summed E-state index contributed by atoms with van der Waals surface area (Å²) in [5.41, 5.74) is 4.53. The van der Waals surface area contributed by atoms with E-state index >= 15 is 0 Å². The van der Waals surface area contributed by atoms with Gasteiger partial charge in [0.15, 0.2) is 0 Å². The lowest BCUT2D eigenvalue weighted by molar-refractivity contribution is 0.414. The van der Waals surface area contributed by atoms with E-state index in [1.54, 1.807) is 17.6 Å². The number of rotatable bonds is 3. The molecule has 0 aromatic carbocycles. The molecular weight excluding hydrogens is 196 g/mol. The van der Waals surface area contributed by atoms with Crippen LogP contribution < -0.4 is 5.32 Å². The first-order chi connectivity index (χ1) is 6.77. The summed E-state index contributed by atoms with van der Waals surface area (Å²) in [4.78, 5) is 0. The fourth-order valence-electron chi connectivity index (χ4n) is 1.21. The average Bonchev–Trinajstić information content (AvgIpc) is 2.72. The number of aryl methyl sites for hydroxylation is 2. The van der Waals surface area contributed by atoms with Gasteiger partial charge in [0.2, 0.25) is 0 Å². The molecule has 0 fully saturated rings. The van der Waals surface area contributed by atoms with E-state index in [1.165, 1.54) is 11.3 Å². The maximum Gasteiger partial charge on any atom is 0.129 e. The van der Waals surface area contributed by atoms with Crippen LogP contribution in [0.15, 0.2) is 21.5 Å². The smallest absolute Gasteiger partial charge is 0.129 e. The number of anilines is 1. The first-order valence-electron chi connectivity index (χ1n) is 4.44. The summed E-state index contributed by atoms with van der Waals surface area (Å²) in [5, 5.41) is 11.4. The molecule has 2 heterocycles. The van der Waals surface area contributed by atoms with Crippen LogP contribution >= 0.6 is 11.3 Å². The molecule has 0 radical (unpaired) electrons. The standard InChI is InChI=1S/C10H12N2OS/c1-7-5-14-6-10(7)11-3-9-4-13-12-8(9)2/h4-6,11H,3H2,1-2H3. The Morgan fingerprint density at radius 2 is 2.29 bits per heavy atom. The summed E-state index contributed by atoms with van der Waals surface area (Å²) in [7, 11) is 0. The van der Waals surface area contributed by atoms with Crippen LogP contribution in [0.4, 0.5) is 5.69 Å². The second-order valence-electron chi connectivity index (χ2n) is 3.25. The van der Waals surface area contributed by atoms with E-state index in [4.69, 9.17) is 4.52 Å². The van der Waals surface area contributed by atoms with Crippen molar-refractivity contribution < 1.29 is 4.52 Å². The van der Waals surface area contributed by atoms with E-state index < -0.39 is 0 Å². The Morgan fingerprint density at radius 3 is 2.86 bits per heavy atom. The van der Waals surface area contributed by atoms with Crippen molar-refractivity contribution >= 4 is 17.0 Å². The van der Waals surface area contributed by atoms with E-state index in [1.807, 2.05) is 6.92 Å². The molecule has 74 valence electrons. The molecule has 0 saturated carbocycles. The zero-order valence-electron chi connectivity index (χ0n) is 8.20. The van der Waals surface area contributed by atoms with Gasteiger partial charge in [-0.25, -0.2) is 0 Å². The Labute approximate surface area is 86.7 Å². The normalized spacial score (nSPS) is 10.4. The fourth-order valence-corrected chi connectivity index (χ4v) is 2.02. The highest BCUT2D eigenvalue weighted by atomic mass is 32.1. The number of aromatic nitrogens is 1. The fraction of sp³-hybridized carbons (Fsp3) is 0.300. The third kappa shape index (κ3) is 1.80. The molecule has 0 saturated heterocycles. The molecule has 1 N–H and O–H groups in total. The molecular formula is C10H12N2OS. The summed E-state index contributed by atoms with van der Waals surface area (Å²) < 4.78 is 4.86. The maximum atomic E-state index is 4.86. The van der Waals surface area contributed by atoms with Gasteiger partial charge in [-0.1, -0.05) is 5.16 Å². The van der Waals surface area contributed by atoms with Gasteiger partial charge in [-0.15, -0.1) is 11.3 Å². The monoisotopic (exact) mass is 208 g/mol. The van der Waals surface area contributed by atoms with Crippen LogP contribution in [0.5, 0.6) is 0 Å². The molecule has 14 heavy (non-hydrogen) atoms. The minimum atomic E-state index is 0.771. The van der Waals surface area contributed by atoms with E-state index in [0.29, 0.717) is 0 Å². The van der Waals surface area contributed by atoms with Crippen molar-refractivity contribution in [3.05, 3.63) is 33.8 Å². The Kier molecular flexibility index (Phi) is 2.54. The van der Waals surface area contributed by atoms with Gasteiger partial charge in [0.1, 0.15) is 6.26 Å². The highest BCUT2D eigenvalue weighted by Gasteiger charge is 2.03. The van der Waals surface area contributed by atoms with Gasteiger partial charge in [-0.2, -0.15) is 0 Å². The van der Waals surface area contributed by atoms with Gasteiger partial charge in [0.05, 0.1) is 5.69 Å². The van der Waals surface area contributed by atoms with Crippen molar-refractivity contribution in [1.82, 2.24) is 5.16 Å². The van der Waals surface area contributed by atoms with Crippen LogP contribution in [0.3, 0.4) is 0 Å². The number of hydrogen-bond acceptors (Lipinski definition) is 4. The van der Waals surface area contributed by atoms with Gasteiger partial charge in [-0.3, -0.25) is 0 Å². The highest BCUT2D eigenvalue weighted by molar-refractivity contribution is 7.08. The molecule has 4 heteroatoms. The summed E-state index contributed by atoms with van der Waals surface area (Å²) in [6.45, 7) is 4.81. The maximum absolute atomic E-state index is 4.86. The predicted octanol–water partition coefficient (Wildman–Crippen LogP) is 2.97. The van der Waals surface area contributed by atoms with Crippen molar-refractivity contribution in [2.24, 2.45) is 0 Å². The number of thiophene rings is 1. The lowest BCUT2D eigenvalue weighted by atomic mass is 10.2. The first kappa shape index (κ1) is 9.27. The lowest BCUT2D eigenvalue weighted by Gasteiger charge is -2.03. The SMILES string of the molecule is Cc1cscc1NCc1conc1C. The molecule has 3 nitrogen and oxygen atoms in total. The van der Waals surface area contributed by atoms with Crippen LogP contribution in [0.2, 0.25) is 0 Å². The second-order valence-corrected chi connectivity index (χ2v) is 3.99. The van der Waals surface area contributed by atoms with E-state index in [2.05, 4.69) is 28.2 Å². The number of hydrogen-bond donors (Lipinski definition) is 1. The Morgan fingerprint density at radius 1 is 1.43 bits per heavy atom. The van der Waals surface area contributed by atoms with Gasteiger partial charge < -0.3 is 9.84 Å².